The van der Waals surface area contributed by atoms with Gasteiger partial charge in [0.1, 0.15) is 0 Å². The van der Waals surface area contributed by atoms with E-state index in [1.165, 1.54) is 0 Å². The number of hydrogen-bond acceptors (Lipinski definition) is 3. The summed E-state index contributed by atoms with van der Waals surface area (Å²) in [6, 6.07) is 0. The van der Waals surface area contributed by atoms with Gasteiger partial charge in [-0.3, -0.25) is 4.79 Å². The number of ether oxygens (including phenoxy) is 1. The zero-order valence-electron chi connectivity index (χ0n) is 10.6. The van der Waals surface area contributed by atoms with E-state index in [1.54, 1.807) is 0 Å². The summed E-state index contributed by atoms with van der Waals surface area (Å²) in [6.07, 6.45) is 2.78. The fourth-order valence-electron chi connectivity index (χ4n) is 1.91. The molecule has 0 aromatic heterocycles. The molecule has 2 atom stereocenters. The summed E-state index contributed by atoms with van der Waals surface area (Å²) in [5.41, 5.74) is 5.86. The minimum Gasteiger partial charge on any atom is -0.378 e. The number of carbonyl (C=O) groups excluding carboxylic acids is 1. The van der Waals surface area contributed by atoms with Crippen LogP contribution in [0.2, 0.25) is 0 Å². The van der Waals surface area contributed by atoms with Crippen LogP contribution < -0.4 is 11.1 Å². The van der Waals surface area contributed by atoms with Gasteiger partial charge in [-0.1, -0.05) is 13.8 Å². The van der Waals surface area contributed by atoms with E-state index in [0.717, 1.165) is 19.3 Å². The van der Waals surface area contributed by atoms with Crippen LogP contribution in [0.25, 0.3) is 0 Å². The van der Waals surface area contributed by atoms with Gasteiger partial charge in [-0.25, -0.2) is 0 Å². The highest BCUT2D eigenvalue weighted by Crippen LogP contribution is 2.19. The Kier molecular flexibility index (Phi) is 4.74. The van der Waals surface area contributed by atoms with Crippen LogP contribution in [-0.2, 0) is 9.53 Å². The van der Waals surface area contributed by atoms with E-state index in [9.17, 15) is 4.79 Å². The van der Waals surface area contributed by atoms with Crippen LogP contribution in [0.1, 0.15) is 40.0 Å². The van der Waals surface area contributed by atoms with Crippen molar-refractivity contribution < 1.29 is 9.53 Å². The van der Waals surface area contributed by atoms with E-state index in [-0.39, 0.29) is 23.5 Å². The Bertz CT molecular complexity index is 239. The van der Waals surface area contributed by atoms with Crippen molar-refractivity contribution in [2.75, 3.05) is 13.2 Å². The molecule has 1 saturated heterocycles. The lowest BCUT2D eigenvalue weighted by Gasteiger charge is -2.27. The number of amides is 1. The standard InChI is InChI=1S/C12H24N2O2/c1-4-12(13,5-2)8-14-11(15)10-6-9(3)16-7-10/h9-10H,4-8,13H2,1-3H3,(H,14,15). The minimum absolute atomic E-state index is 0.00737. The molecule has 2 unspecified atom stereocenters. The molecule has 4 heteroatoms. The number of nitrogens with one attached hydrogen (secondary N) is 1. The maximum atomic E-state index is 11.8. The van der Waals surface area contributed by atoms with Gasteiger partial charge in [-0.15, -0.1) is 0 Å². The third-order valence-corrected chi connectivity index (χ3v) is 3.59. The van der Waals surface area contributed by atoms with Crippen LogP contribution in [0.4, 0.5) is 0 Å². The Hall–Kier alpha value is -0.610. The average Bonchev–Trinajstić information content (AvgIpc) is 2.72. The van der Waals surface area contributed by atoms with Crippen LogP contribution in [0, 0.1) is 5.92 Å². The summed E-state index contributed by atoms with van der Waals surface area (Å²) in [5.74, 6) is 0.0917. The molecule has 0 radical (unpaired) electrons. The van der Waals surface area contributed by atoms with Crippen molar-refractivity contribution in [1.82, 2.24) is 5.32 Å². The lowest BCUT2D eigenvalue weighted by Crippen LogP contribution is -2.50. The third kappa shape index (κ3) is 3.46. The highest BCUT2D eigenvalue weighted by atomic mass is 16.5. The molecule has 0 saturated carbocycles. The minimum atomic E-state index is -0.263. The van der Waals surface area contributed by atoms with Crippen molar-refractivity contribution >= 4 is 5.91 Å². The van der Waals surface area contributed by atoms with E-state index < -0.39 is 0 Å². The third-order valence-electron chi connectivity index (χ3n) is 3.59. The highest BCUT2D eigenvalue weighted by Gasteiger charge is 2.29. The summed E-state index contributed by atoms with van der Waals surface area (Å²) >= 11 is 0. The van der Waals surface area contributed by atoms with Crippen molar-refractivity contribution in [2.45, 2.75) is 51.7 Å². The Morgan fingerprint density at radius 1 is 1.50 bits per heavy atom. The second kappa shape index (κ2) is 5.64. The van der Waals surface area contributed by atoms with Gasteiger partial charge in [-0.2, -0.15) is 0 Å². The monoisotopic (exact) mass is 228 g/mol. The van der Waals surface area contributed by atoms with Crippen LogP contribution >= 0.6 is 0 Å². The normalized spacial score (nSPS) is 25.8. The van der Waals surface area contributed by atoms with E-state index in [1.807, 2.05) is 6.92 Å². The van der Waals surface area contributed by atoms with Gasteiger partial charge in [-0.05, 0) is 26.2 Å². The maximum Gasteiger partial charge on any atom is 0.225 e. The molecule has 1 aliphatic heterocycles. The van der Waals surface area contributed by atoms with Gasteiger partial charge in [0.15, 0.2) is 0 Å². The first-order valence-corrected chi connectivity index (χ1v) is 6.19. The van der Waals surface area contributed by atoms with E-state index in [4.69, 9.17) is 10.5 Å². The number of rotatable bonds is 5. The lowest BCUT2D eigenvalue weighted by molar-refractivity contribution is -0.125. The van der Waals surface area contributed by atoms with E-state index >= 15 is 0 Å². The average molecular weight is 228 g/mol. The molecule has 0 aromatic carbocycles. The Balaban J connectivity index is 2.35. The molecular weight excluding hydrogens is 204 g/mol. The molecule has 1 aliphatic rings. The van der Waals surface area contributed by atoms with Crippen LogP contribution in [-0.4, -0.2) is 30.7 Å². The first-order valence-electron chi connectivity index (χ1n) is 6.19. The van der Waals surface area contributed by atoms with Gasteiger partial charge in [0.05, 0.1) is 18.6 Å². The first kappa shape index (κ1) is 13.5. The number of carbonyl (C=O) groups is 1. The van der Waals surface area contributed by atoms with Crippen LogP contribution in [0.15, 0.2) is 0 Å². The predicted octanol–water partition coefficient (Wildman–Crippen LogP) is 1.05. The van der Waals surface area contributed by atoms with Gasteiger partial charge in [0.2, 0.25) is 5.91 Å². The SMILES string of the molecule is CCC(N)(CC)CNC(=O)C1COC(C)C1. The summed E-state index contributed by atoms with van der Waals surface area (Å²) in [4.78, 5) is 11.8. The summed E-state index contributed by atoms with van der Waals surface area (Å²) in [7, 11) is 0. The van der Waals surface area contributed by atoms with Crippen LogP contribution in [0.5, 0.6) is 0 Å². The maximum absolute atomic E-state index is 11.8. The van der Waals surface area contributed by atoms with Crippen molar-refractivity contribution in [3.8, 4) is 0 Å². The second-order valence-corrected chi connectivity index (χ2v) is 4.86. The van der Waals surface area contributed by atoms with E-state index in [2.05, 4.69) is 19.2 Å². The van der Waals surface area contributed by atoms with Gasteiger partial charge in [0.25, 0.3) is 0 Å². The van der Waals surface area contributed by atoms with Gasteiger partial charge in [0, 0.05) is 12.1 Å². The van der Waals surface area contributed by atoms with Crippen molar-refractivity contribution in [3.63, 3.8) is 0 Å². The zero-order valence-corrected chi connectivity index (χ0v) is 10.6. The molecule has 16 heavy (non-hydrogen) atoms. The van der Waals surface area contributed by atoms with Crippen LogP contribution in [0.3, 0.4) is 0 Å². The molecule has 3 N–H and O–H groups in total. The largest absolute Gasteiger partial charge is 0.378 e. The number of hydrogen-bond donors (Lipinski definition) is 2. The molecule has 1 heterocycles. The van der Waals surface area contributed by atoms with Crippen molar-refractivity contribution in [2.24, 2.45) is 11.7 Å². The summed E-state index contributed by atoms with van der Waals surface area (Å²) in [6.45, 7) is 7.21. The lowest BCUT2D eigenvalue weighted by atomic mass is 9.94. The molecular formula is C12H24N2O2. The van der Waals surface area contributed by atoms with Gasteiger partial charge >= 0.3 is 0 Å². The van der Waals surface area contributed by atoms with E-state index in [0.29, 0.717) is 13.2 Å². The molecule has 0 aromatic rings. The van der Waals surface area contributed by atoms with Crippen molar-refractivity contribution in [1.29, 1.82) is 0 Å². The topological polar surface area (TPSA) is 64.3 Å². The molecule has 1 fully saturated rings. The molecule has 94 valence electrons. The Morgan fingerprint density at radius 2 is 2.12 bits per heavy atom. The van der Waals surface area contributed by atoms with Gasteiger partial charge < -0.3 is 15.8 Å². The van der Waals surface area contributed by atoms with Crippen molar-refractivity contribution in [3.05, 3.63) is 0 Å². The molecule has 0 bridgehead atoms. The molecule has 0 aliphatic carbocycles. The fraction of sp³-hybridized carbons (Fsp3) is 0.917. The fourth-order valence-corrected chi connectivity index (χ4v) is 1.91. The summed E-state index contributed by atoms with van der Waals surface area (Å²) in [5, 5.41) is 2.94. The molecule has 1 amide bonds. The Morgan fingerprint density at radius 3 is 2.56 bits per heavy atom. The predicted molar refractivity (Wildman–Crippen MR) is 64.0 cm³/mol. The smallest absolute Gasteiger partial charge is 0.225 e. The molecule has 4 nitrogen and oxygen atoms in total. The highest BCUT2D eigenvalue weighted by molar-refractivity contribution is 5.79. The number of nitrogens with two attached hydrogens (primary N) is 1. The Labute approximate surface area is 97.9 Å². The quantitative estimate of drug-likeness (QED) is 0.739. The zero-order chi connectivity index (χ0) is 12.2. The summed E-state index contributed by atoms with van der Waals surface area (Å²) < 4.78 is 5.38. The first-order chi connectivity index (χ1) is 7.50. The molecule has 1 rings (SSSR count). The second-order valence-electron chi connectivity index (χ2n) is 4.86. The molecule has 0 spiro atoms.